The van der Waals surface area contributed by atoms with Crippen LogP contribution in [0.2, 0.25) is 0 Å². The number of nitrogens with one attached hydrogen (secondary N) is 1. The van der Waals surface area contributed by atoms with Crippen LogP contribution in [0.15, 0.2) is 6.07 Å². The topological polar surface area (TPSA) is 54.9 Å². The molecule has 0 aliphatic rings. The molecule has 0 aliphatic carbocycles. The molecule has 0 saturated carbocycles. The van der Waals surface area contributed by atoms with E-state index in [-0.39, 0.29) is 5.91 Å². The highest BCUT2D eigenvalue weighted by Crippen LogP contribution is 2.07. The number of amides is 1. The predicted octanol–water partition coefficient (Wildman–Crippen LogP) is 1.10. The van der Waals surface area contributed by atoms with E-state index in [0.29, 0.717) is 30.6 Å². The second-order valence-corrected chi connectivity index (χ2v) is 3.41. The lowest BCUT2D eigenvalue weighted by atomic mass is 10.1. The lowest BCUT2D eigenvalue weighted by Crippen LogP contribution is -2.26. The number of aromatic nitrogens is 2. The first-order chi connectivity index (χ1) is 7.69. The second-order valence-electron chi connectivity index (χ2n) is 3.41. The molecule has 1 heterocycles. The van der Waals surface area contributed by atoms with E-state index < -0.39 is 0 Å². The van der Waals surface area contributed by atoms with Gasteiger partial charge in [-0.05, 0) is 19.4 Å². The van der Waals surface area contributed by atoms with Crippen LogP contribution in [-0.4, -0.2) is 22.6 Å². The van der Waals surface area contributed by atoms with Gasteiger partial charge in [0.15, 0.2) is 0 Å². The summed E-state index contributed by atoms with van der Waals surface area (Å²) >= 11 is 0. The molecular weight excluding hydrogens is 202 g/mol. The minimum Gasteiger partial charge on any atom is -0.351 e. The monoisotopic (exact) mass is 217 g/mol. The van der Waals surface area contributed by atoms with Gasteiger partial charge in [0, 0.05) is 13.0 Å². The van der Waals surface area contributed by atoms with Crippen molar-refractivity contribution in [1.82, 2.24) is 15.5 Å². The van der Waals surface area contributed by atoms with E-state index in [1.807, 2.05) is 13.8 Å². The Morgan fingerprint density at radius 1 is 1.56 bits per heavy atom. The van der Waals surface area contributed by atoms with Gasteiger partial charge in [-0.3, -0.25) is 4.79 Å². The van der Waals surface area contributed by atoms with Gasteiger partial charge in [-0.2, -0.15) is 10.2 Å². The van der Waals surface area contributed by atoms with Gasteiger partial charge in [0.25, 0.3) is 5.91 Å². The molecule has 0 spiro atoms. The SMILES string of the molecule is C#CCCNC(=O)c1cc(C)nnc1CC. The normalized spacial score (nSPS) is 9.56. The Kier molecular flexibility index (Phi) is 4.46. The van der Waals surface area contributed by atoms with Crippen molar-refractivity contribution in [2.75, 3.05) is 6.54 Å². The summed E-state index contributed by atoms with van der Waals surface area (Å²) in [5.74, 6) is 2.34. The molecule has 1 amide bonds. The number of hydrogen-bond acceptors (Lipinski definition) is 3. The van der Waals surface area contributed by atoms with Gasteiger partial charge in [0.05, 0.1) is 17.0 Å². The average molecular weight is 217 g/mol. The molecule has 1 aromatic heterocycles. The van der Waals surface area contributed by atoms with Crippen LogP contribution in [0.5, 0.6) is 0 Å². The second kappa shape index (κ2) is 5.86. The van der Waals surface area contributed by atoms with Crippen LogP contribution in [0.25, 0.3) is 0 Å². The maximum atomic E-state index is 11.8. The molecule has 1 N–H and O–H groups in total. The van der Waals surface area contributed by atoms with Gasteiger partial charge >= 0.3 is 0 Å². The first-order valence-electron chi connectivity index (χ1n) is 5.24. The molecule has 4 heteroatoms. The van der Waals surface area contributed by atoms with E-state index in [9.17, 15) is 4.79 Å². The molecule has 0 saturated heterocycles. The van der Waals surface area contributed by atoms with Crippen LogP contribution in [0.4, 0.5) is 0 Å². The Labute approximate surface area is 95.5 Å². The van der Waals surface area contributed by atoms with Crippen LogP contribution >= 0.6 is 0 Å². The minimum atomic E-state index is -0.134. The summed E-state index contributed by atoms with van der Waals surface area (Å²) in [4.78, 5) is 11.8. The summed E-state index contributed by atoms with van der Waals surface area (Å²) in [6.45, 7) is 4.24. The van der Waals surface area contributed by atoms with Crippen LogP contribution in [0.1, 0.15) is 35.1 Å². The fourth-order valence-electron chi connectivity index (χ4n) is 1.32. The highest BCUT2D eigenvalue weighted by atomic mass is 16.1. The summed E-state index contributed by atoms with van der Waals surface area (Å²) in [6, 6.07) is 1.75. The van der Waals surface area contributed by atoms with E-state index in [0.717, 1.165) is 5.69 Å². The third kappa shape index (κ3) is 3.06. The van der Waals surface area contributed by atoms with Crippen molar-refractivity contribution in [1.29, 1.82) is 0 Å². The molecule has 1 aromatic rings. The zero-order valence-corrected chi connectivity index (χ0v) is 9.58. The molecule has 0 radical (unpaired) electrons. The van der Waals surface area contributed by atoms with Crippen molar-refractivity contribution >= 4 is 5.91 Å². The third-order valence-corrected chi connectivity index (χ3v) is 2.13. The van der Waals surface area contributed by atoms with E-state index in [4.69, 9.17) is 6.42 Å². The first-order valence-corrected chi connectivity index (χ1v) is 5.24. The number of carbonyl (C=O) groups excluding carboxylic acids is 1. The molecule has 0 unspecified atom stereocenters. The van der Waals surface area contributed by atoms with Crippen molar-refractivity contribution < 1.29 is 4.79 Å². The van der Waals surface area contributed by atoms with Crippen LogP contribution in [-0.2, 0) is 6.42 Å². The van der Waals surface area contributed by atoms with E-state index in [2.05, 4.69) is 21.4 Å². The van der Waals surface area contributed by atoms with Crippen LogP contribution in [0, 0.1) is 19.3 Å². The van der Waals surface area contributed by atoms with Crippen LogP contribution < -0.4 is 5.32 Å². The summed E-state index contributed by atoms with van der Waals surface area (Å²) in [5, 5.41) is 10.7. The Bertz CT molecular complexity index is 421. The van der Waals surface area contributed by atoms with Gasteiger partial charge < -0.3 is 5.32 Å². The van der Waals surface area contributed by atoms with Crippen molar-refractivity contribution in [2.45, 2.75) is 26.7 Å². The van der Waals surface area contributed by atoms with E-state index >= 15 is 0 Å². The zero-order chi connectivity index (χ0) is 12.0. The summed E-state index contributed by atoms with van der Waals surface area (Å²) in [7, 11) is 0. The predicted molar refractivity (Wildman–Crippen MR) is 61.9 cm³/mol. The van der Waals surface area contributed by atoms with Gasteiger partial charge in [-0.1, -0.05) is 6.92 Å². The van der Waals surface area contributed by atoms with Gasteiger partial charge in [0.2, 0.25) is 0 Å². The van der Waals surface area contributed by atoms with E-state index in [1.165, 1.54) is 0 Å². The largest absolute Gasteiger partial charge is 0.351 e. The minimum absolute atomic E-state index is 0.134. The molecule has 0 aromatic carbocycles. The smallest absolute Gasteiger partial charge is 0.253 e. The lowest BCUT2D eigenvalue weighted by molar-refractivity contribution is 0.0953. The molecule has 84 valence electrons. The Morgan fingerprint density at radius 2 is 2.31 bits per heavy atom. The fraction of sp³-hybridized carbons (Fsp3) is 0.417. The number of hydrogen-bond donors (Lipinski definition) is 1. The van der Waals surface area contributed by atoms with Gasteiger partial charge in [-0.25, -0.2) is 0 Å². The summed E-state index contributed by atoms with van der Waals surface area (Å²) in [5.41, 5.74) is 2.04. The molecule has 4 nitrogen and oxygen atoms in total. The maximum Gasteiger partial charge on any atom is 0.253 e. The van der Waals surface area contributed by atoms with E-state index in [1.54, 1.807) is 6.07 Å². The highest BCUT2D eigenvalue weighted by molar-refractivity contribution is 5.95. The molecular formula is C12H15N3O. The number of terminal acetylenes is 1. The standard InChI is InChI=1S/C12H15N3O/c1-4-6-7-13-12(16)10-8-9(3)14-15-11(10)5-2/h1,8H,5-7H2,2-3H3,(H,13,16). The van der Waals surface area contributed by atoms with Crippen molar-refractivity contribution in [3.63, 3.8) is 0 Å². The number of rotatable bonds is 4. The van der Waals surface area contributed by atoms with Crippen molar-refractivity contribution in [3.8, 4) is 12.3 Å². The third-order valence-electron chi connectivity index (χ3n) is 2.13. The van der Waals surface area contributed by atoms with Gasteiger partial charge in [-0.15, -0.1) is 12.3 Å². The Hall–Kier alpha value is -1.89. The number of carbonyl (C=O) groups is 1. The quantitative estimate of drug-likeness (QED) is 0.607. The molecule has 0 bridgehead atoms. The maximum absolute atomic E-state index is 11.8. The summed E-state index contributed by atoms with van der Waals surface area (Å²) in [6.07, 6.45) is 6.33. The highest BCUT2D eigenvalue weighted by Gasteiger charge is 2.11. The number of aryl methyl sites for hydroxylation is 2. The van der Waals surface area contributed by atoms with Gasteiger partial charge in [0.1, 0.15) is 0 Å². The molecule has 16 heavy (non-hydrogen) atoms. The Balaban J connectivity index is 2.81. The Morgan fingerprint density at radius 3 is 2.94 bits per heavy atom. The van der Waals surface area contributed by atoms with Crippen molar-refractivity contribution in [2.24, 2.45) is 0 Å². The average Bonchev–Trinajstić information content (AvgIpc) is 2.29. The summed E-state index contributed by atoms with van der Waals surface area (Å²) < 4.78 is 0. The molecule has 0 atom stereocenters. The molecule has 1 rings (SSSR count). The first kappa shape index (κ1) is 12.2. The molecule has 0 aliphatic heterocycles. The van der Waals surface area contributed by atoms with Crippen LogP contribution in [0.3, 0.4) is 0 Å². The lowest BCUT2D eigenvalue weighted by Gasteiger charge is -2.07. The molecule has 0 fully saturated rings. The number of nitrogens with zero attached hydrogens (tertiary/aromatic N) is 2. The zero-order valence-electron chi connectivity index (χ0n) is 9.58. The van der Waals surface area contributed by atoms with Crippen molar-refractivity contribution in [3.05, 3.63) is 23.0 Å². The fourth-order valence-corrected chi connectivity index (χ4v) is 1.32.